The van der Waals surface area contributed by atoms with Crippen molar-refractivity contribution in [1.29, 1.82) is 0 Å². The molecule has 130 valence electrons. The average molecular weight is 334 g/mol. The standard InChI is InChI=1S/C18H22O6/c1-11(2)24-18(22)17-12(8-14(20)9-16(17)21)7-13(19)5-3-4-6-15-10-23-15/h3,5,8-9,11,15,20-21H,4,6-7,10H2,1-2H3/b5-3+. The van der Waals surface area contributed by atoms with Gasteiger partial charge < -0.3 is 19.7 Å². The Balaban J connectivity index is 2.09. The van der Waals surface area contributed by atoms with Crippen LogP contribution in [0, 0.1) is 0 Å². The van der Waals surface area contributed by atoms with E-state index < -0.39 is 11.7 Å². The van der Waals surface area contributed by atoms with E-state index in [-0.39, 0.29) is 35.2 Å². The summed E-state index contributed by atoms with van der Waals surface area (Å²) in [5.74, 6) is -1.57. The highest BCUT2D eigenvalue weighted by molar-refractivity contribution is 5.98. The van der Waals surface area contributed by atoms with Crippen LogP contribution in [0.25, 0.3) is 0 Å². The molecular weight excluding hydrogens is 312 g/mol. The van der Waals surface area contributed by atoms with Crippen molar-refractivity contribution in [3.8, 4) is 11.5 Å². The Bertz CT molecular complexity index is 643. The molecule has 2 rings (SSSR count). The molecule has 1 fully saturated rings. The molecule has 1 unspecified atom stereocenters. The summed E-state index contributed by atoms with van der Waals surface area (Å²) >= 11 is 0. The summed E-state index contributed by atoms with van der Waals surface area (Å²) in [4.78, 5) is 24.2. The van der Waals surface area contributed by atoms with Crippen molar-refractivity contribution in [2.75, 3.05) is 6.61 Å². The number of allylic oxidation sites excluding steroid dienone is 2. The van der Waals surface area contributed by atoms with Gasteiger partial charge in [-0.15, -0.1) is 0 Å². The van der Waals surface area contributed by atoms with E-state index in [4.69, 9.17) is 9.47 Å². The molecule has 0 saturated carbocycles. The van der Waals surface area contributed by atoms with Gasteiger partial charge in [-0.3, -0.25) is 4.79 Å². The van der Waals surface area contributed by atoms with Crippen LogP contribution in [0.1, 0.15) is 42.6 Å². The Labute approximate surface area is 140 Å². The number of benzene rings is 1. The van der Waals surface area contributed by atoms with Gasteiger partial charge >= 0.3 is 5.97 Å². The van der Waals surface area contributed by atoms with Crippen molar-refractivity contribution < 1.29 is 29.3 Å². The average Bonchev–Trinajstić information content (AvgIpc) is 3.26. The first kappa shape index (κ1) is 18.0. The lowest BCUT2D eigenvalue weighted by Gasteiger charge is -2.13. The van der Waals surface area contributed by atoms with Gasteiger partial charge in [0.15, 0.2) is 5.78 Å². The molecule has 1 aliphatic heterocycles. The molecule has 1 saturated heterocycles. The summed E-state index contributed by atoms with van der Waals surface area (Å²) in [6.07, 6.45) is 4.66. The number of phenols is 2. The minimum atomic E-state index is -0.722. The van der Waals surface area contributed by atoms with Crippen LogP contribution in [0.5, 0.6) is 11.5 Å². The monoisotopic (exact) mass is 334 g/mol. The number of ether oxygens (including phenoxy) is 2. The third-order valence-corrected chi connectivity index (χ3v) is 3.46. The quantitative estimate of drug-likeness (QED) is 0.431. The maximum atomic E-state index is 12.1. The summed E-state index contributed by atoms with van der Waals surface area (Å²) in [5, 5.41) is 19.6. The fourth-order valence-electron chi connectivity index (χ4n) is 2.30. The molecule has 24 heavy (non-hydrogen) atoms. The number of ketones is 1. The second-order valence-electron chi connectivity index (χ2n) is 6.03. The van der Waals surface area contributed by atoms with E-state index in [1.807, 2.05) is 0 Å². The number of carbonyl (C=O) groups excluding carboxylic acids is 2. The van der Waals surface area contributed by atoms with E-state index in [0.29, 0.717) is 6.10 Å². The number of rotatable bonds is 8. The number of hydrogen-bond donors (Lipinski definition) is 2. The molecule has 1 aliphatic rings. The van der Waals surface area contributed by atoms with E-state index in [9.17, 15) is 19.8 Å². The smallest absolute Gasteiger partial charge is 0.342 e. The van der Waals surface area contributed by atoms with E-state index >= 15 is 0 Å². The van der Waals surface area contributed by atoms with Gasteiger partial charge in [-0.2, -0.15) is 0 Å². The predicted octanol–water partition coefficient (Wildman–Crippen LogP) is 2.51. The van der Waals surface area contributed by atoms with Crippen LogP contribution in [-0.2, 0) is 20.7 Å². The van der Waals surface area contributed by atoms with Gasteiger partial charge in [0.25, 0.3) is 0 Å². The summed E-state index contributed by atoms with van der Waals surface area (Å²) in [5.41, 5.74) is 0.146. The third-order valence-electron chi connectivity index (χ3n) is 3.46. The third kappa shape index (κ3) is 5.38. The van der Waals surface area contributed by atoms with Gasteiger partial charge in [-0.25, -0.2) is 4.79 Å². The molecular formula is C18H22O6. The second-order valence-corrected chi connectivity index (χ2v) is 6.03. The maximum Gasteiger partial charge on any atom is 0.342 e. The van der Waals surface area contributed by atoms with Gasteiger partial charge in [-0.05, 0) is 44.4 Å². The maximum absolute atomic E-state index is 12.1. The Morgan fingerprint density at radius 3 is 2.71 bits per heavy atom. The number of epoxide rings is 1. The molecule has 1 atom stereocenters. The van der Waals surface area contributed by atoms with Crippen LogP contribution < -0.4 is 0 Å². The zero-order valence-corrected chi connectivity index (χ0v) is 13.8. The van der Waals surface area contributed by atoms with Crippen LogP contribution in [0.15, 0.2) is 24.3 Å². The summed E-state index contributed by atoms with van der Waals surface area (Å²) in [6, 6.07) is 2.34. The van der Waals surface area contributed by atoms with Crippen LogP contribution >= 0.6 is 0 Å². The van der Waals surface area contributed by atoms with E-state index in [2.05, 4.69) is 0 Å². The van der Waals surface area contributed by atoms with Crippen molar-refractivity contribution in [2.24, 2.45) is 0 Å². The van der Waals surface area contributed by atoms with Gasteiger partial charge in [0, 0.05) is 12.5 Å². The van der Waals surface area contributed by atoms with Crippen molar-refractivity contribution in [3.05, 3.63) is 35.4 Å². The van der Waals surface area contributed by atoms with E-state index in [0.717, 1.165) is 25.5 Å². The second kappa shape index (κ2) is 7.97. The van der Waals surface area contributed by atoms with Crippen LogP contribution in [0.2, 0.25) is 0 Å². The first-order chi connectivity index (χ1) is 11.4. The number of phenolic OH excluding ortho intramolecular Hbond substituents is 2. The van der Waals surface area contributed by atoms with Crippen LogP contribution in [0.3, 0.4) is 0 Å². The fourth-order valence-corrected chi connectivity index (χ4v) is 2.30. The van der Waals surface area contributed by atoms with Crippen molar-refractivity contribution in [2.45, 2.75) is 45.3 Å². The highest BCUT2D eigenvalue weighted by atomic mass is 16.6. The number of carbonyl (C=O) groups is 2. The summed E-state index contributed by atoms with van der Waals surface area (Å²) < 4.78 is 10.2. The lowest BCUT2D eigenvalue weighted by atomic mass is 10.00. The van der Waals surface area contributed by atoms with Crippen LogP contribution in [-0.4, -0.2) is 40.8 Å². The molecule has 0 aliphatic carbocycles. The van der Waals surface area contributed by atoms with Gasteiger partial charge in [0.05, 0.1) is 18.8 Å². The predicted molar refractivity (Wildman–Crippen MR) is 87.1 cm³/mol. The summed E-state index contributed by atoms with van der Waals surface area (Å²) in [6.45, 7) is 4.16. The number of esters is 1. The lowest BCUT2D eigenvalue weighted by molar-refractivity contribution is -0.114. The van der Waals surface area contributed by atoms with Gasteiger partial charge in [0.2, 0.25) is 0 Å². The van der Waals surface area contributed by atoms with E-state index in [1.165, 1.54) is 12.1 Å². The Hall–Kier alpha value is -2.34. The fraction of sp³-hybridized carbons (Fsp3) is 0.444. The Morgan fingerprint density at radius 2 is 2.08 bits per heavy atom. The molecule has 2 N–H and O–H groups in total. The molecule has 0 aromatic heterocycles. The van der Waals surface area contributed by atoms with Crippen molar-refractivity contribution >= 4 is 11.8 Å². The number of hydrogen-bond acceptors (Lipinski definition) is 6. The highest BCUT2D eigenvalue weighted by Crippen LogP contribution is 2.29. The van der Waals surface area contributed by atoms with Crippen molar-refractivity contribution in [1.82, 2.24) is 0 Å². The molecule has 6 nitrogen and oxygen atoms in total. The molecule has 0 amide bonds. The zero-order chi connectivity index (χ0) is 17.7. The topological polar surface area (TPSA) is 96.4 Å². The lowest BCUT2D eigenvalue weighted by Crippen LogP contribution is -2.15. The Morgan fingerprint density at radius 1 is 1.38 bits per heavy atom. The molecule has 6 heteroatoms. The van der Waals surface area contributed by atoms with Crippen molar-refractivity contribution in [3.63, 3.8) is 0 Å². The highest BCUT2D eigenvalue weighted by Gasteiger charge is 2.22. The molecule has 1 aromatic carbocycles. The van der Waals surface area contributed by atoms with Crippen LogP contribution in [0.4, 0.5) is 0 Å². The normalized spacial score (nSPS) is 16.5. The minimum Gasteiger partial charge on any atom is -0.508 e. The molecule has 0 spiro atoms. The molecule has 0 radical (unpaired) electrons. The molecule has 0 bridgehead atoms. The Kier molecular flexibility index (Phi) is 5.98. The molecule has 1 aromatic rings. The summed E-state index contributed by atoms with van der Waals surface area (Å²) in [7, 11) is 0. The first-order valence-electron chi connectivity index (χ1n) is 7.93. The zero-order valence-electron chi connectivity index (χ0n) is 13.8. The number of aromatic hydroxyl groups is 2. The van der Waals surface area contributed by atoms with E-state index in [1.54, 1.807) is 19.9 Å². The largest absolute Gasteiger partial charge is 0.508 e. The first-order valence-corrected chi connectivity index (χ1v) is 7.93. The minimum absolute atomic E-state index is 0.0883. The van der Waals surface area contributed by atoms with Gasteiger partial charge in [-0.1, -0.05) is 6.08 Å². The SMILES string of the molecule is CC(C)OC(=O)c1c(O)cc(O)cc1CC(=O)/C=C/CCC1CO1. The molecule has 1 heterocycles. The van der Waals surface area contributed by atoms with Gasteiger partial charge in [0.1, 0.15) is 17.1 Å².